The predicted octanol–water partition coefficient (Wildman–Crippen LogP) is 2.98. The fourth-order valence-electron chi connectivity index (χ4n) is 1.28. The van der Waals surface area contributed by atoms with Crippen molar-refractivity contribution in [1.29, 1.82) is 0 Å². The molecule has 0 amide bonds. The zero-order valence-electron chi connectivity index (χ0n) is 7.62. The highest BCUT2D eigenvalue weighted by Crippen LogP contribution is 2.52. The maximum absolute atomic E-state index is 12.5. The Morgan fingerprint density at radius 1 is 1.12 bits per heavy atom. The number of halogens is 4. The van der Waals surface area contributed by atoms with E-state index in [0.717, 1.165) is 24.3 Å². The van der Waals surface area contributed by atoms with Gasteiger partial charge < -0.3 is 0 Å². The summed E-state index contributed by atoms with van der Waals surface area (Å²) in [6.45, 7) is 0. The minimum Gasteiger partial charge on any atom is -0.255 e. The van der Waals surface area contributed by atoms with Gasteiger partial charge in [0.25, 0.3) is 0 Å². The molecule has 1 aliphatic heterocycles. The van der Waals surface area contributed by atoms with E-state index in [-0.39, 0.29) is 11.1 Å². The number of nitrogens with zero attached hydrogens (tertiary/aromatic N) is 2. The van der Waals surface area contributed by atoms with Gasteiger partial charge in [0.1, 0.15) is 0 Å². The van der Waals surface area contributed by atoms with E-state index in [1.807, 2.05) is 0 Å². The number of hydrogen-bond acceptors (Lipinski definition) is 3. The van der Waals surface area contributed by atoms with Gasteiger partial charge in [-0.15, -0.1) is 10.2 Å². The number of rotatable bonds is 2. The molecule has 0 spiro atoms. The van der Waals surface area contributed by atoms with Crippen molar-refractivity contribution in [2.24, 2.45) is 10.2 Å². The van der Waals surface area contributed by atoms with Gasteiger partial charge in [0.2, 0.25) is 0 Å². The fraction of sp³-hybridized carbons (Fsp3) is 0.222. The van der Waals surface area contributed by atoms with Crippen LogP contribution in [-0.2, 0) is 5.66 Å². The van der Waals surface area contributed by atoms with Gasteiger partial charge in [-0.1, -0.05) is 12.1 Å². The van der Waals surface area contributed by atoms with Crippen LogP contribution in [0.4, 0.5) is 17.6 Å². The first-order valence-electron chi connectivity index (χ1n) is 4.18. The lowest BCUT2D eigenvalue weighted by molar-refractivity contribution is -0.166. The molecule has 1 aliphatic rings. The normalized spacial score (nSPS) is 17.2. The Bertz CT molecular complexity index is 457. The molecule has 0 unspecified atom stereocenters. The van der Waals surface area contributed by atoms with Gasteiger partial charge in [-0.3, -0.25) is 4.79 Å². The summed E-state index contributed by atoms with van der Waals surface area (Å²) >= 11 is 0. The van der Waals surface area contributed by atoms with Crippen molar-refractivity contribution < 1.29 is 22.4 Å². The molecule has 0 atom stereocenters. The van der Waals surface area contributed by atoms with E-state index < -0.39 is 17.9 Å². The number of benzene rings is 1. The summed E-state index contributed by atoms with van der Waals surface area (Å²) in [5.74, 6) is 0. The van der Waals surface area contributed by atoms with Crippen LogP contribution in [0.1, 0.15) is 15.9 Å². The van der Waals surface area contributed by atoms with E-state index in [0.29, 0.717) is 0 Å². The second kappa shape index (κ2) is 3.10. The molecule has 7 heteroatoms. The molecule has 0 fully saturated rings. The van der Waals surface area contributed by atoms with Crippen LogP contribution >= 0.6 is 0 Å². The maximum Gasteiger partial charge on any atom is 0.442 e. The second-order valence-electron chi connectivity index (χ2n) is 3.22. The first-order chi connectivity index (χ1) is 7.37. The molecule has 1 heterocycles. The molecular formula is C9H4F4N2O. The summed E-state index contributed by atoms with van der Waals surface area (Å²) in [6.07, 6.45) is -4.62. The Hall–Kier alpha value is -1.79. The molecule has 2 rings (SSSR count). The molecule has 0 aliphatic carbocycles. The fourth-order valence-corrected chi connectivity index (χ4v) is 1.28. The third kappa shape index (κ3) is 1.48. The van der Waals surface area contributed by atoms with Crippen molar-refractivity contribution in [3.05, 3.63) is 35.4 Å². The lowest BCUT2D eigenvalue weighted by Crippen LogP contribution is -2.30. The summed E-state index contributed by atoms with van der Waals surface area (Å²) in [5.41, 5.74) is -3.06. The lowest BCUT2D eigenvalue weighted by Gasteiger charge is -2.14. The third-order valence-corrected chi connectivity index (χ3v) is 2.21. The highest BCUT2D eigenvalue weighted by molar-refractivity contribution is 5.88. The molecule has 0 N–H and O–H groups in total. The SMILES string of the molecule is O=C(F)c1ccc(C2(C(F)(F)F)N=N2)cc1. The van der Waals surface area contributed by atoms with Gasteiger partial charge in [-0.25, -0.2) is 0 Å². The maximum atomic E-state index is 12.5. The number of alkyl halides is 3. The topological polar surface area (TPSA) is 41.8 Å². The highest BCUT2D eigenvalue weighted by atomic mass is 19.4. The third-order valence-electron chi connectivity index (χ3n) is 2.21. The van der Waals surface area contributed by atoms with Crippen molar-refractivity contribution in [1.82, 2.24) is 0 Å². The molecule has 0 aromatic heterocycles. The minimum absolute atomic E-state index is 0.231. The van der Waals surface area contributed by atoms with E-state index >= 15 is 0 Å². The predicted molar refractivity (Wildman–Crippen MR) is 44.5 cm³/mol. The Kier molecular flexibility index (Phi) is 2.08. The van der Waals surface area contributed by atoms with Gasteiger partial charge in [-0.05, 0) is 12.1 Å². The Labute approximate surface area is 86.8 Å². The summed E-state index contributed by atoms with van der Waals surface area (Å²) in [5, 5.41) is 5.94. The molecular weight excluding hydrogens is 228 g/mol. The molecule has 1 aromatic carbocycles. The monoisotopic (exact) mass is 232 g/mol. The molecule has 16 heavy (non-hydrogen) atoms. The summed E-state index contributed by atoms with van der Waals surface area (Å²) in [6, 6.07) is 2.21. The van der Waals surface area contributed by atoms with Crippen LogP contribution in [0.25, 0.3) is 0 Å². The van der Waals surface area contributed by atoms with Crippen LogP contribution in [0.15, 0.2) is 34.5 Å². The van der Waals surface area contributed by atoms with Crippen LogP contribution in [0.2, 0.25) is 0 Å². The van der Waals surface area contributed by atoms with E-state index in [9.17, 15) is 22.4 Å². The van der Waals surface area contributed by atoms with Crippen molar-refractivity contribution >= 4 is 6.04 Å². The van der Waals surface area contributed by atoms with E-state index in [1.165, 1.54) is 0 Å². The average molecular weight is 232 g/mol. The zero-order valence-corrected chi connectivity index (χ0v) is 7.62. The van der Waals surface area contributed by atoms with Crippen LogP contribution in [-0.4, -0.2) is 12.2 Å². The minimum atomic E-state index is -4.62. The van der Waals surface area contributed by atoms with Gasteiger partial charge >= 0.3 is 17.9 Å². The van der Waals surface area contributed by atoms with E-state index in [1.54, 1.807) is 0 Å². The molecule has 0 saturated carbocycles. The van der Waals surface area contributed by atoms with Crippen LogP contribution < -0.4 is 0 Å². The van der Waals surface area contributed by atoms with Gasteiger partial charge in [0, 0.05) is 5.56 Å². The standard InChI is InChI=1S/C9H4F4N2O/c10-7(16)5-1-3-6(4-2-5)8(14-15-8)9(11,12)13/h1-4H. The van der Waals surface area contributed by atoms with E-state index in [4.69, 9.17) is 0 Å². The molecule has 3 nitrogen and oxygen atoms in total. The van der Waals surface area contributed by atoms with Gasteiger partial charge in [0.15, 0.2) is 0 Å². The Morgan fingerprint density at radius 2 is 1.62 bits per heavy atom. The summed E-state index contributed by atoms with van der Waals surface area (Å²) in [4.78, 5) is 10.3. The molecule has 1 aromatic rings. The van der Waals surface area contributed by atoms with E-state index in [2.05, 4.69) is 10.2 Å². The number of carbonyl (C=O) groups excluding carboxylic acids is 1. The quantitative estimate of drug-likeness (QED) is 0.570. The zero-order chi connectivity index (χ0) is 12.0. The van der Waals surface area contributed by atoms with Crippen molar-refractivity contribution in [2.75, 3.05) is 0 Å². The highest BCUT2D eigenvalue weighted by Gasteiger charge is 2.65. The molecule has 0 bridgehead atoms. The Morgan fingerprint density at radius 3 is 1.94 bits per heavy atom. The summed E-state index contributed by atoms with van der Waals surface area (Å²) < 4.78 is 49.7. The first kappa shape index (κ1) is 10.7. The molecule has 0 radical (unpaired) electrons. The average Bonchev–Trinajstić information content (AvgIpc) is 2.97. The first-order valence-corrected chi connectivity index (χ1v) is 4.18. The summed E-state index contributed by atoms with van der Waals surface area (Å²) in [7, 11) is 0. The van der Waals surface area contributed by atoms with Crippen molar-refractivity contribution in [2.45, 2.75) is 11.8 Å². The van der Waals surface area contributed by atoms with Crippen LogP contribution in [0, 0.1) is 0 Å². The van der Waals surface area contributed by atoms with Crippen LogP contribution in [0.5, 0.6) is 0 Å². The Balaban J connectivity index is 2.33. The van der Waals surface area contributed by atoms with Gasteiger partial charge in [-0.2, -0.15) is 17.6 Å². The smallest absolute Gasteiger partial charge is 0.255 e. The lowest BCUT2D eigenvalue weighted by atomic mass is 10.0. The van der Waals surface area contributed by atoms with Crippen LogP contribution in [0.3, 0.4) is 0 Å². The van der Waals surface area contributed by atoms with Crippen molar-refractivity contribution in [3.8, 4) is 0 Å². The van der Waals surface area contributed by atoms with Crippen molar-refractivity contribution in [3.63, 3.8) is 0 Å². The molecule has 0 saturated heterocycles. The largest absolute Gasteiger partial charge is 0.442 e. The molecule has 84 valence electrons. The number of hydrogen-bond donors (Lipinski definition) is 0. The second-order valence-corrected chi connectivity index (χ2v) is 3.22. The number of carbonyl (C=O) groups is 1. The van der Waals surface area contributed by atoms with Gasteiger partial charge in [0.05, 0.1) is 5.56 Å².